The number of hydrogen-bond donors (Lipinski definition) is 0. The van der Waals surface area contributed by atoms with Gasteiger partial charge in [0.05, 0.1) is 23.2 Å². The first kappa shape index (κ1) is 15.0. The van der Waals surface area contributed by atoms with Crippen LogP contribution < -0.4 is 4.74 Å². The van der Waals surface area contributed by atoms with E-state index in [2.05, 4.69) is 15.9 Å². The van der Waals surface area contributed by atoms with Crippen LogP contribution in [0.1, 0.15) is 21.5 Å². The molecule has 0 saturated carbocycles. The molecule has 0 aromatic heterocycles. The van der Waals surface area contributed by atoms with Crippen LogP contribution in [-0.2, 0) is 0 Å². The molecule has 0 aliphatic rings. The SMILES string of the molecule is COc1ccc(C=CC(=O)c2cccc(C#N)c2)cc1Br. The molecule has 0 spiro atoms. The van der Waals surface area contributed by atoms with Crippen molar-refractivity contribution in [1.29, 1.82) is 5.26 Å². The highest BCUT2D eigenvalue weighted by Gasteiger charge is 2.03. The number of carbonyl (C=O) groups excluding carboxylic acids is 1. The molecule has 2 rings (SSSR count). The van der Waals surface area contributed by atoms with Crippen LogP contribution in [0.4, 0.5) is 0 Å². The lowest BCUT2D eigenvalue weighted by molar-refractivity contribution is 0.104. The van der Waals surface area contributed by atoms with E-state index < -0.39 is 0 Å². The molecule has 104 valence electrons. The van der Waals surface area contributed by atoms with E-state index in [9.17, 15) is 4.79 Å². The molecule has 0 N–H and O–H groups in total. The lowest BCUT2D eigenvalue weighted by Crippen LogP contribution is -1.94. The highest BCUT2D eigenvalue weighted by Crippen LogP contribution is 2.26. The Morgan fingerprint density at radius 2 is 2.10 bits per heavy atom. The second-order valence-corrected chi connectivity index (χ2v) is 5.14. The van der Waals surface area contributed by atoms with Crippen molar-refractivity contribution in [2.75, 3.05) is 7.11 Å². The first-order chi connectivity index (χ1) is 10.1. The topological polar surface area (TPSA) is 50.1 Å². The third kappa shape index (κ3) is 3.80. The van der Waals surface area contributed by atoms with Crippen molar-refractivity contribution in [2.24, 2.45) is 0 Å². The van der Waals surface area contributed by atoms with Crippen molar-refractivity contribution in [3.8, 4) is 11.8 Å². The normalized spacial score (nSPS) is 10.3. The third-order valence-corrected chi connectivity index (χ3v) is 3.50. The Balaban J connectivity index is 2.19. The molecule has 2 aromatic carbocycles. The van der Waals surface area contributed by atoms with Crippen LogP contribution in [-0.4, -0.2) is 12.9 Å². The summed E-state index contributed by atoms with van der Waals surface area (Å²) in [6, 6.07) is 14.2. The fraction of sp³-hybridized carbons (Fsp3) is 0.0588. The molecular formula is C17H12BrNO2. The summed E-state index contributed by atoms with van der Waals surface area (Å²) in [4.78, 5) is 12.1. The van der Waals surface area contributed by atoms with Gasteiger partial charge in [-0.3, -0.25) is 4.79 Å². The zero-order chi connectivity index (χ0) is 15.2. The number of carbonyl (C=O) groups is 1. The van der Waals surface area contributed by atoms with Crippen LogP contribution in [0.2, 0.25) is 0 Å². The summed E-state index contributed by atoms with van der Waals surface area (Å²) in [5.74, 6) is 0.597. The van der Waals surface area contributed by atoms with Gasteiger partial charge in [-0.15, -0.1) is 0 Å². The van der Waals surface area contributed by atoms with Gasteiger partial charge in [-0.1, -0.05) is 24.3 Å². The highest BCUT2D eigenvalue weighted by atomic mass is 79.9. The van der Waals surface area contributed by atoms with Gasteiger partial charge in [0.15, 0.2) is 5.78 Å². The van der Waals surface area contributed by atoms with Crippen LogP contribution in [0.25, 0.3) is 6.08 Å². The summed E-state index contributed by atoms with van der Waals surface area (Å²) in [5.41, 5.74) is 1.85. The van der Waals surface area contributed by atoms with Crippen molar-refractivity contribution in [3.05, 3.63) is 69.7 Å². The average molecular weight is 342 g/mol. The maximum Gasteiger partial charge on any atom is 0.185 e. The molecule has 21 heavy (non-hydrogen) atoms. The summed E-state index contributed by atoms with van der Waals surface area (Å²) in [6.45, 7) is 0. The van der Waals surface area contributed by atoms with Crippen LogP contribution in [0.15, 0.2) is 53.0 Å². The van der Waals surface area contributed by atoms with E-state index >= 15 is 0 Å². The van der Waals surface area contributed by atoms with Crippen LogP contribution in [0.5, 0.6) is 5.75 Å². The number of rotatable bonds is 4. The van der Waals surface area contributed by atoms with Gasteiger partial charge < -0.3 is 4.74 Å². The van der Waals surface area contributed by atoms with Gasteiger partial charge in [-0.25, -0.2) is 0 Å². The Labute approximate surface area is 131 Å². The van der Waals surface area contributed by atoms with Crippen LogP contribution in [0.3, 0.4) is 0 Å². The molecule has 3 nitrogen and oxygen atoms in total. The zero-order valence-electron chi connectivity index (χ0n) is 11.3. The monoisotopic (exact) mass is 341 g/mol. The summed E-state index contributed by atoms with van der Waals surface area (Å²) in [7, 11) is 1.60. The number of methoxy groups -OCH3 is 1. The lowest BCUT2D eigenvalue weighted by atomic mass is 10.1. The first-order valence-electron chi connectivity index (χ1n) is 6.20. The van der Waals surface area contributed by atoms with Crippen LogP contribution in [0, 0.1) is 11.3 Å². The fourth-order valence-corrected chi connectivity index (χ4v) is 2.35. The van der Waals surface area contributed by atoms with Gasteiger partial charge >= 0.3 is 0 Å². The highest BCUT2D eigenvalue weighted by molar-refractivity contribution is 9.10. The summed E-state index contributed by atoms with van der Waals surface area (Å²) in [6.07, 6.45) is 3.22. The van der Waals surface area contributed by atoms with E-state index in [1.54, 1.807) is 37.5 Å². The number of nitrogens with zero attached hydrogens (tertiary/aromatic N) is 1. The lowest BCUT2D eigenvalue weighted by Gasteiger charge is -2.03. The summed E-state index contributed by atoms with van der Waals surface area (Å²) < 4.78 is 5.98. The molecule has 0 saturated heterocycles. The van der Waals surface area contributed by atoms with Gasteiger partial charge in [-0.05, 0) is 51.8 Å². The number of halogens is 1. The predicted molar refractivity (Wildman–Crippen MR) is 85.2 cm³/mol. The molecule has 0 aliphatic carbocycles. The molecule has 0 amide bonds. The van der Waals surface area contributed by atoms with Crippen molar-refractivity contribution in [2.45, 2.75) is 0 Å². The van der Waals surface area contributed by atoms with Gasteiger partial charge in [0.1, 0.15) is 5.75 Å². The first-order valence-corrected chi connectivity index (χ1v) is 6.99. The van der Waals surface area contributed by atoms with Crippen molar-refractivity contribution >= 4 is 27.8 Å². The maximum absolute atomic E-state index is 12.1. The van der Waals surface area contributed by atoms with Gasteiger partial charge in [0.2, 0.25) is 0 Å². The van der Waals surface area contributed by atoms with Gasteiger partial charge in [0, 0.05) is 5.56 Å². The van der Waals surface area contributed by atoms with Gasteiger partial charge in [0.25, 0.3) is 0 Å². The molecule has 0 bridgehead atoms. The molecule has 0 aliphatic heterocycles. The number of allylic oxidation sites excluding steroid dienone is 1. The number of nitriles is 1. The molecular weight excluding hydrogens is 330 g/mol. The quantitative estimate of drug-likeness (QED) is 0.617. The minimum absolute atomic E-state index is 0.140. The second-order valence-electron chi connectivity index (χ2n) is 4.28. The standard InChI is InChI=1S/C17H12BrNO2/c1-21-17-8-6-12(10-15(17)18)5-7-16(20)14-4-2-3-13(9-14)11-19/h2-10H,1H3. The van der Waals surface area contributed by atoms with E-state index in [4.69, 9.17) is 10.00 Å². The second kappa shape index (κ2) is 6.87. The van der Waals surface area contributed by atoms with E-state index in [0.29, 0.717) is 11.1 Å². The smallest absolute Gasteiger partial charge is 0.185 e. The minimum Gasteiger partial charge on any atom is -0.496 e. The van der Waals surface area contributed by atoms with E-state index in [0.717, 1.165) is 15.8 Å². The van der Waals surface area contributed by atoms with Crippen LogP contribution >= 0.6 is 15.9 Å². The minimum atomic E-state index is -0.140. The molecule has 0 atom stereocenters. The Morgan fingerprint density at radius 3 is 2.76 bits per heavy atom. The van der Waals surface area contributed by atoms with E-state index in [1.807, 2.05) is 24.3 Å². The zero-order valence-corrected chi connectivity index (χ0v) is 12.9. The van der Waals surface area contributed by atoms with E-state index in [-0.39, 0.29) is 5.78 Å². The molecule has 0 unspecified atom stereocenters. The van der Waals surface area contributed by atoms with E-state index in [1.165, 1.54) is 6.08 Å². The van der Waals surface area contributed by atoms with Crippen molar-refractivity contribution in [1.82, 2.24) is 0 Å². The summed E-state index contributed by atoms with van der Waals surface area (Å²) in [5, 5.41) is 8.84. The Morgan fingerprint density at radius 1 is 1.29 bits per heavy atom. The van der Waals surface area contributed by atoms with Crippen molar-refractivity contribution in [3.63, 3.8) is 0 Å². The fourth-order valence-electron chi connectivity index (χ4n) is 1.80. The molecule has 4 heteroatoms. The number of benzene rings is 2. The number of ether oxygens (including phenoxy) is 1. The predicted octanol–water partition coefficient (Wildman–Crippen LogP) is 4.23. The Kier molecular flexibility index (Phi) is 4.91. The molecule has 0 heterocycles. The van der Waals surface area contributed by atoms with Gasteiger partial charge in [-0.2, -0.15) is 5.26 Å². The molecule has 0 fully saturated rings. The Hall–Kier alpha value is -2.38. The Bertz CT molecular complexity index is 745. The third-order valence-electron chi connectivity index (χ3n) is 2.88. The van der Waals surface area contributed by atoms with Crippen molar-refractivity contribution < 1.29 is 9.53 Å². The number of hydrogen-bond acceptors (Lipinski definition) is 3. The number of ketones is 1. The average Bonchev–Trinajstić information content (AvgIpc) is 2.52. The maximum atomic E-state index is 12.1. The summed E-state index contributed by atoms with van der Waals surface area (Å²) >= 11 is 3.40. The molecule has 0 radical (unpaired) electrons. The largest absolute Gasteiger partial charge is 0.496 e. The molecule has 2 aromatic rings.